The molecule has 1 heteroatoms. The van der Waals surface area contributed by atoms with Gasteiger partial charge >= 0.3 is 0 Å². The van der Waals surface area contributed by atoms with Crippen LogP contribution >= 0.6 is 0 Å². The molecule has 0 saturated carbocycles. The van der Waals surface area contributed by atoms with Crippen LogP contribution in [-0.2, 0) is 5.41 Å². The molecule has 0 amide bonds. The summed E-state index contributed by atoms with van der Waals surface area (Å²) in [6.45, 7) is 6.57. The van der Waals surface area contributed by atoms with Gasteiger partial charge in [-0.25, -0.2) is 0 Å². The van der Waals surface area contributed by atoms with Gasteiger partial charge in [-0.05, 0) is 23.1 Å². The molecule has 0 spiro atoms. The first-order valence-electron chi connectivity index (χ1n) is 6.79. The van der Waals surface area contributed by atoms with Gasteiger partial charge in [0.1, 0.15) is 5.75 Å². The summed E-state index contributed by atoms with van der Waals surface area (Å²) in [6, 6.07) is 18.0. The minimum Gasteiger partial charge on any atom is -0.473 e. The smallest absolute Gasteiger partial charge is 0.184 e. The summed E-state index contributed by atoms with van der Waals surface area (Å²) in [4.78, 5) is 0. The van der Waals surface area contributed by atoms with E-state index in [1.807, 2.05) is 42.5 Å². The summed E-state index contributed by atoms with van der Waals surface area (Å²) < 4.78 is 5.88. The average Bonchev–Trinajstić information content (AvgIpc) is 2.45. The third kappa shape index (κ3) is 3.42. The van der Waals surface area contributed by atoms with Gasteiger partial charge in [-0.2, -0.15) is 0 Å². The minimum atomic E-state index is -0.350. The lowest BCUT2D eigenvalue weighted by Crippen LogP contribution is -2.11. The molecule has 0 radical (unpaired) electrons. The average molecular weight is 264 g/mol. The highest BCUT2D eigenvalue weighted by atomic mass is 16.5. The van der Waals surface area contributed by atoms with Crippen LogP contribution in [0.25, 0.3) is 0 Å². The monoisotopic (exact) mass is 264 g/mol. The van der Waals surface area contributed by atoms with Crippen LogP contribution in [0.1, 0.15) is 38.0 Å². The molecule has 0 aromatic heterocycles. The first kappa shape index (κ1) is 14.2. The van der Waals surface area contributed by atoms with Crippen LogP contribution in [0.3, 0.4) is 0 Å². The van der Waals surface area contributed by atoms with Gasteiger partial charge in [0.05, 0.1) is 0 Å². The molecule has 2 rings (SSSR count). The second-order valence-corrected chi connectivity index (χ2v) is 5.85. The molecule has 2 aromatic carbocycles. The lowest BCUT2D eigenvalue weighted by atomic mass is 9.87. The van der Waals surface area contributed by atoms with E-state index in [0.717, 1.165) is 11.3 Å². The van der Waals surface area contributed by atoms with Crippen molar-refractivity contribution in [2.75, 3.05) is 0 Å². The topological polar surface area (TPSA) is 9.23 Å². The van der Waals surface area contributed by atoms with Gasteiger partial charge in [-0.1, -0.05) is 69.2 Å². The fourth-order valence-electron chi connectivity index (χ4n) is 2.00. The van der Waals surface area contributed by atoms with E-state index in [-0.39, 0.29) is 11.5 Å². The number of rotatable bonds is 3. The molecule has 2 aromatic rings. The van der Waals surface area contributed by atoms with E-state index in [0.29, 0.717) is 0 Å². The summed E-state index contributed by atoms with van der Waals surface area (Å²) in [7, 11) is 0. The van der Waals surface area contributed by atoms with Gasteiger partial charge in [0.25, 0.3) is 0 Å². The van der Waals surface area contributed by atoms with E-state index >= 15 is 0 Å². The van der Waals surface area contributed by atoms with Crippen molar-refractivity contribution >= 4 is 0 Å². The van der Waals surface area contributed by atoms with Crippen LogP contribution in [0.4, 0.5) is 0 Å². The van der Waals surface area contributed by atoms with Crippen LogP contribution < -0.4 is 4.74 Å². The van der Waals surface area contributed by atoms with Gasteiger partial charge < -0.3 is 4.74 Å². The van der Waals surface area contributed by atoms with Crippen molar-refractivity contribution in [2.24, 2.45) is 0 Å². The molecule has 0 aliphatic heterocycles. The Balaban J connectivity index is 2.15. The maximum Gasteiger partial charge on any atom is 0.184 e. The van der Waals surface area contributed by atoms with Crippen molar-refractivity contribution in [3.63, 3.8) is 0 Å². The van der Waals surface area contributed by atoms with Gasteiger partial charge in [0.15, 0.2) is 6.10 Å². The Morgan fingerprint density at radius 3 is 2.05 bits per heavy atom. The van der Waals surface area contributed by atoms with Crippen molar-refractivity contribution < 1.29 is 4.74 Å². The predicted octanol–water partition coefficient (Wildman–Crippen LogP) is 4.74. The number of hydrogen-bond acceptors (Lipinski definition) is 1. The fraction of sp³-hybridized carbons (Fsp3) is 0.263. The lowest BCUT2D eigenvalue weighted by Gasteiger charge is -2.20. The molecule has 0 heterocycles. The normalized spacial score (nSPS) is 12.5. The molecule has 0 aliphatic rings. The number of ether oxygens (including phenoxy) is 1. The highest BCUT2D eigenvalue weighted by molar-refractivity contribution is 5.33. The number of terminal acetylenes is 1. The van der Waals surface area contributed by atoms with Gasteiger partial charge in [0, 0.05) is 5.56 Å². The Hall–Kier alpha value is -2.20. The highest BCUT2D eigenvalue weighted by Crippen LogP contribution is 2.26. The fourth-order valence-corrected chi connectivity index (χ4v) is 2.00. The first-order chi connectivity index (χ1) is 9.50. The van der Waals surface area contributed by atoms with Crippen LogP contribution in [0, 0.1) is 12.3 Å². The third-order valence-corrected chi connectivity index (χ3v) is 3.23. The van der Waals surface area contributed by atoms with Crippen LogP contribution in [0.15, 0.2) is 54.6 Å². The van der Waals surface area contributed by atoms with Crippen LogP contribution in [0.5, 0.6) is 5.75 Å². The van der Waals surface area contributed by atoms with Crippen LogP contribution in [0.2, 0.25) is 0 Å². The standard InChI is InChI=1S/C19H20O/c1-5-18(15-9-7-6-8-10-15)20-17-13-11-16(12-14-17)19(2,3)4/h1,6-14,18H,2-4H3/t18-/m1/s1. The van der Waals surface area contributed by atoms with Gasteiger partial charge in [-0.15, -0.1) is 6.42 Å². The second kappa shape index (κ2) is 5.84. The third-order valence-electron chi connectivity index (χ3n) is 3.23. The second-order valence-electron chi connectivity index (χ2n) is 5.85. The summed E-state index contributed by atoms with van der Waals surface area (Å²) in [5.41, 5.74) is 2.42. The summed E-state index contributed by atoms with van der Waals surface area (Å²) in [6.07, 6.45) is 5.23. The lowest BCUT2D eigenvalue weighted by molar-refractivity contribution is 0.265. The minimum absolute atomic E-state index is 0.142. The SMILES string of the molecule is C#C[C@@H](Oc1ccc(C(C)(C)C)cc1)c1ccccc1. The van der Waals surface area contributed by atoms with Gasteiger partial charge in [0.2, 0.25) is 0 Å². The van der Waals surface area contributed by atoms with E-state index in [1.165, 1.54) is 5.56 Å². The first-order valence-corrected chi connectivity index (χ1v) is 6.79. The van der Waals surface area contributed by atoms with E-state index in [1.54, 1.807) is 0 Å². The molecule has 0 fully saturated rings. The Morgan fingerprint density at radius 2 is 1.55 bits per heavy atom. The van der Waals surface area contributed by atoms with Crippen molar-refractivity contribution in [1.29, 1.82) is 0 Å². The maximum absolute atomic E-state index is 5.88. The Morgan fingerprint density at radius 1 is 0.950 bits per heavy atom. The summed E-state index contributed by atoms with van der Waals surface area (Å²) in [5.74, 6) is 3.49. The summed E-state index contributed by atoms with van der Waals surface area (Å²) >= 11 is 0. The van der Waals surface area contributed by atoms with Crippen molar-refractivity contribution in [2.45, 2.75) is 32.3 Å². The van der Waals surface area contributed by atoms with E-state index in [9.17, 15) is 0 Å². The Bertz CT molecular complexity index is 582. The largest absolute Gasteiger partial charge is 0.473 e. The molecule has 0 N–H and O–H groups in total. The van der Waals surface area contributed by atoms with Crippen molar-refractivity contribution in [1.82, 2.24) is 0 Å². The van der Waals surface area contributed by atoms with Gasteiger partial charge in [-0.3, -0.25) is 0 Å². The van der Waals surface area contributed by atoms with Crippen molar-refractivity contribution in [3.05, 3.63) is 65.7 Å². The summed E-state index contributed by atoms with van der Waals surface area (Å²) in [5, 5.41) is 0. The molecular formula is C19H20O. The molecule has 0 saturated heterocycles. The zero-order valence-electron chi connectivity index (χ0n) is 12.3. The zero-order valence-corrected chi connectivity index (χ0v) is 12.3. The zero-order chi connectivity index (χ0) is 14.6. The molecule has 1 nitrogen and oxygen atoms in total. The maximum atomic E-state index is 5.88. The van der Waals surface area contributed by atoms with E-state index in [4.69, 9.17) is 11.2 Å². The molecule has 0 unspecified atom stereocenters. The quantitative estimate of drug-likeness (QED) is 0.728. The molecule has 1 atom stereocenters. The van der Waals surface area contributed by atoms with Crippen molar-refractivity contribution in [3.8, 4) is 18.1 Å². The molecule has 0 aliphatic carbocycles. The number of benzene rings is 2. The number of hydrogen-bond donors (Lipinski definition) is 0. The Labute approximate surface area is 121 Å². The molecule has 20 heavy (non-hydrogen) atoms. The highest BCUT2D eigenvalue weighted by Gasteiger charge is 2.14. The predicted molar refractivity (Wildman–Crippen MR) is 83.8 cm³/mol. The Kier molecular flexibility index (Phi) is 4.15. The molecule has 102 valence electrons. The molecular weight excluding hydrogens is 244 g/mol. The van der Waals surface area contributed by atoms with Crippen LogP contribution in [-0.4, -0.2) is 0 Å². The van der Waals surface area contributed by atoms with E-state index < -0.39 is 0 Å². The van der Waals surface area contributed by atoms with E-state index in [2.05, 4.69) is 38.8 Å². The molecule has 0 bridgehead atoms.